The Bertz CT molecular complexity index is 665. The van der Waals surface area contributed by atoms with Crippen molar-refractivity contribution in [1.82, 2.24) is 20.3 Å². The van der Waals surface area contributed by atoms with Gasteiger partial charge >= 0.3 is 6.03 Å². The van der Waals surface area contributed by atoms with Crippen LogP contribution in [-0.4, -0.2) is 53.2 Å². The van der Waals surface area contributed by atoms with Crippen LogP contribution in [0.1, 0.15) is 55.5 Å². The molecule has 1 aliphatic heterocycles. The van der Waals surface area contributed by atoms with Crippen molar-refractivity contribution in [2.24, 2.45) is 11.8 Å². The molecule has 3 unspecified atom stereocenters. The van der Waals surface area contributed by atoms with Gasteiger partial charge in [-0.3, -0.25) is 4.90 Å². The highest BCUT2D eigenvalue weighted by atomic mass is 16.5. The fourth-order valence-corrected chi connectivity index (χ4v) is 5.77. The Labute approximate surface area is 155 Å². The molecule has 5 rings (SSSR count). The number of rotatable bonds is 3. The van der Waals surface area contributed by atoms with Gasteiger partial charge in [-0.1, -0.05) is 11.6 Å². The van der Waals surface area contributed by atoms with E-state index in [1.54, 1.807) is 0 Å². The van der Waals surface area contributed by atoms with Crippen LogP contribution in [0.3, 0.4) is 0 Å². The van der Waals surface area contributed by atoms with Crippen LogP contribution in [0.2, 0.25) is 0 Å². The van der Waals surface area contributed by atoms with Crippen LogP contribution < -0.4 is 5.32 Å². The molecule has 142 valence electrons. The summed E-state index contributed by atoms with van der Waals surface area (Å²) < 4.78 is 5.44. The predicted molar refractivity (Wildman–Crippen MR) is 97.8 cm³/mol. The van der Waals surface area contributed by atoms with Crippen LogP contribution >= 0.6 is 0 Å². The Morgan fingerprint density at radius 2 is 1.96 bits per heavy atom. The van der Waals surface area contributed by atoms with Crippen molar-refractivity contribution < 1.29 is 9.32 Å². The van der Waals surface area contributed by atoms with E-state index in [0.717, 1.165) is 68.4 Å². The Morgan fingerprint density at radius 1 is 1.12 bits per heavy atom. The van der Waals surface area contributed by atoms with Gasteiger partial charge in [-0.25, -0.2) is 4.79 Å². The van der Waals surface area contributed by atoms with E-state index in [-0.39, 0.29) is 6.03 Å². The summed E-state index contributed by atoms with van der Waals surface area (Å²) in [6.45, 7) is 4.23. The summed E-state index contributed by atoms with van der Waals surface area (Å²) in [6, 6.07) is 0.839. The third-order valence-corrected chi connectivity index (χ3v) is 7.21. The highest BCUT2D eigenvalue weighted by molar-refractivity contribution is 5.74. The van der Waals surface area contributed by atoms with Gasteiger partial charge in [0.05, 0.1) is 6.54 Å². The summed E-state index contributed by atoms with van der Waals surface area (Å²) in [6.07, 6.45) is 10.1. The van der Waals surface area contributed by atoms with E-state index < -0.39 is 0 Å². The summed E-state index contributed by atoms with van der Waals surface area (Å²) in [5.41, 5.74) is 2.16. The first-order valence-electron chi connectivity index (χ1n) is 10.5. The molecule has 2 bridgehead atoms. The second-order valence-electron chi connectivity index (χ2n) is 8.66. The topological polar surface area (TPSA) is 61.6 Å². The quantitative estimate of drug-likeness (QED) is 0.902. The Morgan fingerprint density at radius 3 is 2.73 bits per heavy atom. The number of hydrogen-bond donors (Lipinski definition) is 1. The number of fused-ring (bicyclic) bond motifs is 3. The zero-order valence-corrected chi connectivity index (χ0v) is 15.6. The molecule has 6 nitrogen and oxygen atoms in total. The van der Waals surface area contributed by atoms with Crippen LogP contribution in [0, 0.1) is 11.8 Å². The molecule has 2 heterocycles. The number of amides is 2. The standard InChI is InChI=1S/C20H30N4O2/c25-20(21-13-17-16-3-1-2-4-19(16)26-22-17)24-9-7-23(8-10-24)18-12-14-5-6-15(18)11-14/h14-15,18H,1-13H2,(H,21,25). The van der Waals surface area contributed by atoms with Crippen LogP contribution in [0.4, 0.5) is 4.79 Å². The first kappa shape index (κ1) is 16.6. The molecule has 1 saturated heterocycles. The largest absolute Gasteiger partial charge is 0.361 e. The Kier molecular flexibility index (Phi) is 4.39. The van der Waals surface area contributed by atoms with Crippen molar-refractivity contribution in [2.45, 2.75) is 64.0 Å². The molecule has 2 saturated carbocycles. The molecule has 3 atom stereocenters. The minimum Gasteiger partial charge on any atom is -0.361 e. The number of carbonyl (C=O) groups is 1. The van der Waals surface area contributed by atoms with Crippen LogP contribution in [0.15, 0.2) is 4.52 Å². The predicted octanol–water partition coefficient (Wildman–Crippen LogP) is 2.57. The third kappa shape index (κ3) is 3.02. The van der Waals surface area contributed by atoms with Crippen LogP contribution in [0.5, 0.6) is 0 Å². The molecule has 4 aliphatic rings. The van der Waals surface area contributed by atoms with E-state index in [1.165, 1.54) is 44.1 Å². The normalized spacial score (nSPS) is 31.2. The monoisotopic (exact) mass is 358 g/mol. The van der Waals surface area contributed by atoms with Gasteiger partial charge in [-0.2, -0.15) is 0 Å². The number of urea groups is 1. The summed E-state index contributed by atoms with van der Waals surface area (Å²) in [7, 11) is 0. The zero-order chi connectivity index (χ0) is 17.5. The van der Waals surface area contributed by atoms with Gasteiger partial charge in [0.15, 0.2) is 0 Å². The Balaban J connectivity index is 1.11. The zero-order valence-electron chi connectivity index (χ0n) is 15.6. The highest BCUT2D eigenvalue weighted by Crippen LogP contribution is 2.46. The van der Waals surface area contributed by atoms with Crippen molar-refractivity contribution >= 4 is 6.03 Å². The van der Waals surface area contributed by atoms with Crippen molar-refractivity contribution in [3.05, 3.63) is 17.0 Å². The van der Waals surface area contributed by atoms with Gasteiger partial charge in [0.25, 0.3) is 0 Å². The molecule has 0 spiro atoms. The lowest BCUT2D eigenvalue weighted by molar-refractivity contribution is 0.0826. The van der Waals surface area contributed by atoms with Crippen molar-refractivity contribution in [2.75, 3.05) is 26.2 Å². The summed E-state index contributed by atoms with van der Waals surface area (Å²) in [5, 5.41) is 7.25. The van der Waals surface area contributed by atoms with E-state index in [0.29, 0.717) is 6.54 Å². The molecule has 1 aromatic rings. The summed E-state index contributed by atoms with van der Waals surface area (Å²) in [5.74, 6) is 2.94. The van der Waals surface area contributed by atoms with Crippen molar-refractivity contribution in [1.29, 1.82) is 0 Å². The molecule has 26 heavy (non-hydrogen) atoms. The number of aryl methyl sites for hydroxylation is 1. The fraction of sp³-hybridized carbons (Fsp3) is 0.800. The Hall–Kier alpha value is -1.56. The minimum absolute atomic E-state index is 0.0464. The van der Waals surface area contributed by atoms with Gasteiger partial charge in [0.2, 0.25) is 0 Å². The molecular weight excluding hydrogens is 328 g/mol. The smallest absolute Gasteiger partial charge is 0.317 e. The molecule has 3 fully saturated rings. The average Bonchev–Trinajstić information content (AvgIpc) is 3.42. The maximum atomic E-state index is 12.6. The second-order valence-corrected chi connectivity index (χ2v) is 8.66. The molecule has 1 N–H and O–H groups in total. The fourth-order valence-electron chi connectivity index (χ4n) is 5.77. The van der Waals surface area contributed by atoms with Gasteiger partial charge in [-0.05, 0) is 50.4 Å². The molecular formula is C20H30N4O2. The number of nitrogens with zero attached hydrogens (tertiary/aromatic N) is 3. The average molecular weight is 358 g/mol. The van der Waals surface area contributed by atoms with Crippen molar-refractivity contribution in [3.8, 4) is 0 Å². The molecule has 0 radical (unpaired) electrons. The second kappa shape index (κ2) is 6.87. The molecule has 0 aromatic carbocycles. The summed E-state index contributed by atoms with van der Waals surface area (Å²) >= 11 is 0. The molecule has 1 aromatic heterocycles. The lowest BCUT2D eigenvalue weighted by Crippen LogP contribution is -2.55. The van der Waals surface area contributed by atoms with Gasteiger partial charge in [0.1, 0.15) is 11.5 Å². The summed E-state index contributed by atoms with van der Waals surface area (Å²) in [4.78, 5) is 17.2. The lowest BCUT2D eigenvalue weighted by atomic mass is 9.93. The third-order valence-electron chi connectivity index (χ3n) is 7.21. The number of piperazine rings is 1. The minimum atomic E-state index is 0.0464. The van der Waals surface area contributed by atoms with E-state index >= 15 is 0 Å². The van der Waals surface area contributed by atoms with E-state index in [1.807, 2.05) is 4.90 Å². The molecule has 2 amide bonds. The number of aromatic nitrogens is 1. The first-order valence-corrected chi connectivity index (χ1v) is 10.5. The van der Waals surface area contributed by atoms with E-state index in [4.69, 9.17) is 4.52 Å². The number of hydrogen-bond acceptors (Lipinski definition) is 4. The van der Waals surface area contributed by atoms with E-state index in [9.17, 15) is 4.79 Å². The number of carbonyl (C=O) groups excluding carboxylic acids is 1. The maximum Gasteiger partial charge on any atom is 0.317 e. The SMILES string of the molecule is O=C(NCc1noc2c1CCCC2)N1CCN(C2CC3CCC2C3)CC1. The molecule has 3 aliphatic carbocycles. The first-order chi connectivity index (χ1) is 12.8. The highest BCUT2D eigenvalue weighted by Gasteiger charge is 2.42. The van der Waals surface area contributed by atoms with Gasteiger partial charge < -0.3 is 14.7 Å². The number of nitrogens with one attached hydrogen (secondary N) is 1. The van der Waals surface area contributed by atoms with Gasteiger partial charge in [-0.15, -0.1) is 0 Å². The van der Waals surface area contributed by atoms with E-state index in [2.05, 4.69) is 15.4 Å². The van der Waals surface area contributed by atoms with Crippen LogP contribution in [0.25, 0.3) is 0 Å². The van der Waals surface area contributed by atoms with Gasteiger partial charge in [0, 0.05) is 44.2 Å². The van der Waals surface area contributed by atoms with Crippen molar-refractivity contribution in [3.63, 3.8) is 0 Å². The lowest BCUT2D eigenvalue weighted by Gasteiger charge is -2.40. The molecule has 6 heteroatoms. The maximum absolute atomic E-state index is 12.6. The van der Waals surface area contributed by atoms with Crippen LogP contribution in [-0.2, 0) is 19.4 Å².